The standard InChI is InChI=1S/C7H15NO2.C2H6/c1-4-6(7(9)10)8(3)5-2;1-2/h6H,4-5H2,1-3H3,(H,9,10);1-2H3. The van der Waals surface area contributed by atoms with E-state index >= 15 is 0 Å². The predicted octanol–water partition coefficient (Wildman–Crippen LogP) is 1.83. The van der Waals surface area contributed by atoms with Crippen molar-refractivity contribution in [2.24, 2.45) is 0 Å². The van der Waals surface area contributed by atoms with Crippen LogP contribution in [0.1, 0.15) is 34.1 Å². The molecule has 0 saturated carbocycles. The topological polar surface area (TPSA) is 40.5 Å². The molecule has 0 rings (SSSR count). The summed E-state index contributed by atoms with van der Waals surface area (Å²) in [6.45, 7) is 8.61. The third-order valence-electron chi connectivity index (χ3n) is 1.70. The highest BCUT2D eigenvalue weighted by Crippen LogP contribution is 1.99. The second-order valence-corrected chi connectivity index (χ2v) is 2.34. The maximum Gasteiger partial charge on any atom is 0.320 e. The number of likely N-dealkylation sites (N-methyl/N-ethyl adjacent to an activating group) is 1. The van der Waals surface area contributed by atoms with Crippen LogP contribution in [0, 0.1) is 0 Å². The minimum atomic E-state index is -0.730. The Morgan fingerprint density at radius 1 is 1.42 bits per heavy atom. The van der Waals surface area contributed by atoms with Gasteiger partial charge in [0, 0.05) is 0 Å². The van der Waals surface area contributed by atoms with E-state index in [1.165, 1.54) is 0 Å². The second kappa shape index (κ2) is 8.53. The zero-order valence-electron chi connectivity index (χ0n) is 8.79. The SMILES string of the molecule is CC.CCC(C(=O)O)N(C)CC. The molecule has 0 radical (unpaired) electrons. The molecule has 0 amide bonds. The predicted molar refractivity (Wildman–Crippen MR) is 51.4 cm³/mol. The van der Waals surface area contributed by atoms with E-state index in [2.05, 4.69) is 0 Å². The Hall–Kier alpha value is -0.570. The summed E-state index contributed by atoms with van der Waals surface area (Å²) in [6.07, 6.45) is 0.666. The zero-order chi connectivity index (χ0) is 10.1. The average Bonchev–Trinajstić information content (AvgIpc) is 2.08. The molecule has 0 spiro atoms. The number of rotatable bonds is 4. The Kier molecular flexibility index (Phi) is 9.93. The number of hydrogen-bond donors (Lipinski definition) is 1. The molecule has 0 heterocycles. The smallest absolute Gasteiger partial charge is 0.320 e. The molecule has 12 heavy (non-hydrogen) atoms. The Labute approximate surface area is 75.4 Å². The molecule has 1 atom stereocenters. The van der Waals surface area contributed by atoms with E-state index in [4.69, 9.17) is 5.11 Å². The number of aliphatic carboxylic acids is 1. The third kappa shape index (κ3) is 5.13. The van der Waals surface area contributed by atoms with Crippen LogP contribution >= 0.6 is 0 Å². The minimum absolute atomic E-state index is 0.315. The fraction of sp³-hybridized carbons (Fsp3) is 0.889. The van der Waals surface area contributed by atoms with Crippen molar-refractivity contribution in [2.75, 3.05) is 13.6 Å². The molecule has 3 nitrogen and oxygen atoms in total. The van der Waals surface area contributed by atoms with Gasteiger partial charge in [0.25, 0.3) is 0 Å². The van der Waals surface area contributed by atoms with E-state index in [-0.39, 0.29) is 6.04 Å². The first-order valence-electron chi connectivity index (χ1n) is 4.56. The Morgan fingerprint density at radius 2 is 1.83 bits per heavy atom. The number of carbonyl (C=O) groups is 1. The number of carboxylic acid groups (broad SMARTS) is 1. The van der Waals surface area contributed by atoms with Gasteiger partial charge < -0.3 is 5.11 Å². The molecule has 1 unspecified atom stereocenters. The Bertz CT molecular complexity index is 115. The summed E-state index contributed by atoms with van der Waals surface area (Å²) in [7, 11) is 1.82. The lowest BCUT2D eigenvalue weighted by Gasteiger charge is -2.20. The van der Waals surface area contributed by atoms with Gasteiger partial charge in [-0.2, -0.15) is 0 Å². The van der Waals surface area contributed by atoms with Gasteiger partial charge in [-0.25, -0.2) is 0 Å². The van der Waals surface area contributed by atoms with Gasteiger partial charge in [0.05, 0.1) is 0 Å². The van der Waals surface area contributed by atoms with Gasteiger partial charge in [0.1, 0.15) is 6.04 Å². The van der Waals surface area contributed by atoms with Gasteiger partial charge in [-0.1, -0.05) is 27.7 Å². The summed E-state index contributed by atoms with van der Waals surface area (Å²) in [6, 6.07) is -0.315. The minimum Gasteiger partial charge on any atom is -0.480 e. The summed E-state index contributed by atoms with van der Waals surface area (Å²) in [5.41, 5.74) is 0. The monoisotopic (exact) mass is 175 g/mol. The number of hydrogen-bond acceptors (Lipinski definition) is 2. The van der Waals surface area contributed by atoms with E-state index in [1.807, 2.05) is 39.6 Å². The van der Waals surface area contributed by atoms with Crippen LogP contribution in [0.4, 0.5) is 0 Å². The van der Waals surface area contributed by atoms with Gasteiger partial charge >= 0.3 is 5.97 Å². The van der Waals surface area contributed by atoms with Gasteiger partial charge in [0.15, 0.2) is 0 Å². The van der Waals surface area contributed by atoms with Crippen molar-refractivity contribution in [3.63, 3.8) is 0 Å². The highest BCUT2D eigenvalue weighted by Gasteiger charge is 2.17. The Balaban J connectivity index is 0. The fourth-order valence-electron chi connectivity index (χ4n) is 0.895. The normalized spacial score (nSPS) is 11.8. The molecular formula is C9H21NO2. The molecule has 0 aromatic carbocycles. The second-order valence-electron chi connectivity index (χ2n) is 2.34. The number of nitrogens with zero attached hydrogens (tertiary/aromatic N) is 1. The molecule has 0 saturated heterocycles. The summed E-state index contributed by atoms with van der Waals surface area (Å²) in [5, 5.41) is 8.63. The number of carboxylic acids is 1. The van der Waals surface area contributed by atoms with Crippen LogP contribution < -0.4 is 0 Å². The summed E-state index contributed by atoms with van der Waals surface area (Å²) in [4.78, 5) is 12.3. The van der Waals surface area contributed by atoms with Crippen molar-refractivity contribution in [3.05, 3.63) is 0 Å². The molecule has 1 N–H and O–H groups in total. The molecule has 0 aromatic rings. The summed E-state index contributed by atoms with van der Waals surface area (Å²) < 4.78 is 0. The van der Waals surface area contributed by atoms with Crippen molar-refractivity contribution in [1.29, 1.82) is 0 Å². The van der Waals surface area contributed by atoms with Crippen LogP contribution in [0.2, 0.25) is 0 Å². The molecule has 3 heteroatoms. The summed E-state index contributed by atoms with van der Waals surface area (Å²) in [5.74, 6) is -0.730. The van der Waals surface area contributed by atoms with Crippen LogP contribution in [0.15, 0.2) is 0 Å². The van der Waals surface area contributed by atoms with Gasteiger partial charge in [-0.15, -0.1) is 0 Å². The molecule has 0 aliphatic carbocycles. The van der Waals surface area contributed by atoms with Crippen LogP contribution in [-0.2, 0) is 4.79 Å². The van der Waals surface area contributed by atoms with Crippen LogP contribution in [0.5, 0.6) is 0 Å². The molecule has 0 bridgehead atoms. The van der Waals surface area contributed by atoms with E-state index in [1.54, 1.807) is 0 Å². The highest BCUT2D eigenvalue weighted by atomic mass is 16.4. The van der Waals surface area contributed by atoms with Crippen molar-refractivity contribution in [2.45, 2.75) is 40.2 Å². The quantitative estimate of drug-likeness (QED) is 0.708. The molecule has 0 aliphatic heterocycles. The van der Waals surface area contributed by atoms with E-state index < -0.39 is 5.97 Å². The lowest BCUT2D eigenvalue weighted by molar-refractivity contribution is -0.142. The van der Waals surface area contributed by atoms with Gasteiger partial charge in [-0.05, 0) is 20.0 Å². The maximum atomic E-state index is 10.5. The van der Waals surface area contributed by atoms with E-state index in [0.717, 1.165) is 6.54 Å². The van der Waals surface area contributed by atoms with E-state index in [0.29, 0.717) is 6.42 Å². The molecule has 0 aliphatic rings. The van der Waals surface area contributed by atoms with Crippen molar-refractivity contribution in [3.8, 4) is 0 Å². The lowest BCUT2D eigenvalue weighted by atomic mass is 10.2. The summed E-state index contributed by atoms with van der Waals surface area (Å²) >= 11 is 0. The molecule has 74 valence electrons. The maximum absolute atomic E-state index is 10.5. The van der Waals surface area contributed by atoms with Gasteiger partial charge in [0.2, 0.25) is 0 Å². The van der Waals surface area contributed by atoms with Crippen molar-refractivity contribution in [1.82, 2.24) is 4.90 Å². The zero-order valence-corrected chi connectivity index (χ0v) is 8.79. The first-order valence-corrected chi connectivity index (χ1v) is 4.56. The molecular weight excluding hydrogens is 154 g/mol. The largest absolute Gasteiger partial charge is 0.480 e. The van der Waals surface area contributed by atoms with E-state index in [9.17, 15) is 4.79 Å². The van der Waals surface area contributed by atoms with Crippen LogP contribution in [-0.4, -0.2) is 35.6 Å². The fourth-order valence-corrected chi connectivity index (χ4v) is 0.895. The van der Waals surface area contributed by atoms with Crippen molar-refractivity contribution >= 4 is 5.97 Å². The Morgan fingerprint density at radius 3 is 1.92 bits per heavy atom. The first kappa shape index (κ1) is 14.0. The van der Waals surface area contributed by atoms with Gasteiger partial charge in [-0.3, -0.25) is 9.69 Å². The van der Waals surface area contributed by atoms with Crippen LogP contribution in [0.3, 0.4) is 0 Å². The van der Waals surface area contributed by atoms with Crippen LogP contribution in [0.25, 0.3) is 0 Å². The van der Waals surface area contributed by atoms with Crippen molar-refractivity contribution < 1.29 is 9.90 Å². The average molecular weight is 175 g/mol. The third-order valence-corrected chi connectivity index (χ3v) is 1.70. The molecule has 0 fully saturated rings. The first-order chi connectivity index (χ1) is 5.63. The lowest BCUT2D eigenvalue weighted by Crippen LogP contribution is -2.37. The molecule has 0 aromatic heterocycles. The highest BCUT2D eigenvalue weighted by molar-refractivity contribution is 5.73.